The van der Waals surface area contributed by atoms with Crippen LogP contribution in [0.1, 0.15) is 41.0 Å². The van der Waals surface area contributed by atoms with Crippen LogP contribution in [-0.4, -0.2) is 93.1 Å². The molecule has 0 aliphatic carbocycles. The van der Waals surface area contributed by atoms with Gasteiger partial charge in [-0.25, -0.2) is 4.79 Å². The lowest BCUT2D eigenvalue weighted by molar-refractivity contribution is -0.327. The number of hydrogen-bond acceptors (Lipinski definition) is 9. The van der Waals surface area contributed by atoms with Crippen LogP contribution in [0.5, 0.6) is 0 Å². The number of nitrogens with zero attached hydrogens (tertiary/aromatic N) is 4. The maximum atomic E-state index is 13.0. The molecule has 0 aromatic carbocycles. The average Bonchev–Trinajstić information content (AvgIpc) is 3.02. The zero-order valence-electron chi connectivity index (χ0n) is 18.9. The van der Waals surface area contributed by atoms with Crippen LogP contribution < -0.4 is 0 Å². The lowest BCUT2D eigenvalue weighted by atomic mass is 9.88. The monoisotopic (exact) mass is 456 g/mol. The van der Waals surface area contributed by atoms with Gasteiger partial charge in [-0.2, -0.15) is 0 Å². The smallest absolute Gasteiger partial charge is 0.412 e. The van der Waals surface area contributed by atoms with E-state index in [9.17, 15) is 20.1 Å². The minimum atomic E-state index is -1.74. The highest BCUT2D eigenvalue weighted by molar-refractivity contribution is 5.70. The van der Waals surface area contributed by atoms with Crippen molar-refractivity contribution in [3.63, 3.8) is 0 Å². The molecule has 1 amide bonds. The van der Waals surface area contributed by atoms with Gasteiger partial charge in [-0.05, 0) is 52.6 Å². The van der Waals surface area contributed by atoms with E-state index in [0.29, 0.717) is 6.42 Å². The molecular formula is C20H32N4O8. The molecule has 7 atom stereocenters. The van der Waals surface area contributed by atoms with E-state index in [1.54, 1.807) is 40.7 Å². The van der Waals surface area contributed by atoms with E-state index in [1.165, 1.54) is 11.0 Å². The van der Waals surface area contributed by atoms with Gasteiger partial charge in [0.05, 0.1) is 31.5 Å². The Bertz CT molecular complexity index is 793. The van der Waals surface area contributed by atoms with Crippen molar-refractivity contribution >= 4 is 6.09 Å². The van der Waals surface area contributed by atoms with Crippen LogP contribution in [0, 0.1) is 0 Å². The van der Waals surface area contributed by atoms with Gasteiger partial charge in [0.25, 0.3) is 0 Å². The first kappa shape index (κ1) is 24.7. The number of rotatable bonds is 3. The quantitative estimate of drug-likeness (QED) is 0.246. The fourth-order valence-electron chi connectivity index (χ4n) is 4.30. The summed E-state index contributed by atoms with van der Waals surface area (Å²) in [7, 11) is 0. The number of aliphatic hydroxyl groups is 3. The molecule has 0 saturated carbocycles. The van der Waals surface area contributed by atoms with Gasteiger partial charge in [-0.3, -0.25) is 4.90 Å². The van der Waals surface area contributed by atoms with Crippen LogP contribution >= 0.6 is 0 Å². The zero-order chi connectivity index (χ0) is 23.9. The number of hydrogen-bond donors (Lipinski definition) is 3. The molecule has 0 bridgehead atoms. The summed E-state index contributed by atoms with van der Waals surface area (Å²) in [6.07, 6.45) is -1.84. The first-order chi connectivity index (χ1) is 14.8. The lowest BCUT2D eigenvalue weighted by Crippen LogP contribution is -2.67. The van der Waals surface area contributed by atoms with Crippen molar-refractivity contribution < 1.29 is 39.1 Å². The topological polar surface area (TPSA) is 167 Å². The molecule has 3 heterocycles. The Balaban J connectivity index is 1.92. The highest BCUT2D eigenvalue weighted by atomic mass is 16.7. The zero-order valence-corrected chi connectivity index (χ0v) is 18.9. The van der Waals surface area contributed by atoms with Crippen LogP contribution in [0.4, 0.5) is 4.79 Å². The summed E-state index contributed by atoms with van der Waals surface area (Å²) < 4.78 is 23.5. The second-order valence-corrected chi connectivity index (χ2v) is 9.66. The van der Waals surface area contributed by atoms with E-state index in [0.717, 1.165) is 0 Å². The molecular weight excluding hydrogens is 424 g/mol. The van der Waals surface area contributed by atoms with Crippen molar-refractivity contribution in [1.29, 1.82) is 0 Å². The Kier molecular flexibility index (Phi) is 6.79. The Morgan fingerprint density at radius 2 is 2.00 bits per heavy atom. The third-order valence-electron chi connectivity index (χ3n) is 5.75. The summed E-state index contributed by atoms with van der Waals surface area (Å²) >= 11 is 0. The number of carbonyl (C=O) groups excluding carboxylic acids is 1. The first-order valence-electron chi connectivity index (χ1n) is 10.6. The van der Waals surface area contributed by atoms with Gasteiger partial charge in [0.1, 0.15) is 29.6 Å². The third-order valence-corrected chi connectivity index (χ3v) is 5.75. The molecule has 32 heavy (non-hydrogen) atoms. The SMILES string of the molecule is CC(C)(C)OC(=O)N1[C@@H]([C@@H]2CC=C[C@]3(O2)O[C@H](CO)[C@H](O)[C@H](O)[C@H]3N=[N+]=[N-])COC1(C)C. The number of amides is 1. The van der Waals surface area contributed by atoms with Gasteiger partial charge in [-0.1, -0.05) is 11.2 Å². The van der Waals surface area contributed by atoms with Crippen LogP contribution in [0.2, 0.25) is 0 Å². The van der Waals surface area contributed by atoms with Crippen molar-refractivity contribution in [1.82, 2.24) is 4.90 Å². The summed E-state index contributed by atoms with van der Waals surface area (Å²) in [5.41, 5.74) is 7.33. The van der Waals surface area contributed by atoms with Gasteiger partial charge in [0.15, 0.2) is 5.79 Å². The lowest BCUT2D eigenvalue weighted by Gasteiger charge is -2.50. The van der Waals surface area contributed by atoms with Crippen molar-refractivity contribution in [2.75, 3.05) is 13.2 Å². The first-order valence-corrected chi connectivity index (χ1v) is 10.6. The van der Waals surface area contributed by atoms with Crippen LogP contribution in [0.3, 0.4) is 0 Å². The summed E-state index contributed by atoms with van der Waals surface area (Å²) in [6.45, 7) is 8.35. The van der Waals surface area contributed by atoms with E-state index in [-0.39, 0.29) is 6.61 Å². The second-order valence-electron chi connectivity index (χ2n) is 9.66. The number of carbonyl (C=O) groups is 1. The van der Waals surface area contributed by atoms with E-state index >= 15 is 0 Å². The Hall–Kier alpha value is -1.92. The molecule has 2 saturated heterocycles. The Labute approximate surface area is 186 Å². The maximum Gasteiger partial charge on any atom is 0.412 e. The second kappa shape index (κ2) is 8.79. The van der Waals surface area contributed by atoms with Gasteiger partial charge in [0, 0.05) is 4.91 Å². The van der Waals surface area contributed by atoms with Gasteiger partial charge >= 0.3 is 6.09 Å². The summed E-state index contributed by atoms with van der Waals surface area (Å²) in [5, 5.41) is 34.0. The van der Waals surface area contributed by atoms with Gasteiger partial charge < -0.3 is 34.3 Å². The van der Waals surface area contributed by atoms with E-state index in [1.807, 2.05) is 0 Å². The largest absolute Gasteiger partial charge is 0.444 e. The maximum absolute atomic E-state index is 13.0. The molecule has 3 aliphatic rings. The molecule has 0 aromatic heterocycles. The molecule has 0 aromatic rings. The van der Waals surface area contributed by atoms with Crippen LogP contribution in [0.15, 0.2) is 17.3 Å². The van der Waals surface area contributed by atoms with Crippen molar-refractivity contribution in [3.05, 3.63) is 22.6 Å². The Morgan fingerprint density at radius 3 is 2.59 bits per heavy atom. The minimum Gasteiger partial charge on any atom is -0.444 e. The molecule has 3 N–H and O–H groups in total. The molecule has 3 rings (SSSR count). The summed E-state index contributed by atoms with van der Waals surface area (Å²) in [5.74, 6) is -1.74. The molecule has 0 unspecified atom stereocenters. The van der Waals surface area contributed by atoms with Gasteiger partial charge in [-0.15, -0.1) is 0 Å². The molecule has 3 aliphatic heterocycles. The molecule has 1 spiro atoms. The highest BCUT2D eigenvalue weighted by Gasteiger charge is 2.57. The minimum absolute atomic E-state index is 0.154. The summed E-state index contributed by atoms with van der Waals surface area (Å²) in [4.78, 5) is 17.2. The fourth-order valence-corrected chi connectivity index (χ4v) is 4.30. The Morgan fingerprint density at radius 1 is 1.31 bits per heavy atom. The number of aliphatic hydroxyl groups excluding tert-OH is 3. The van der Waals surface area contributed by atoms with Crippen LogP contribution in [-0.2, 0) is 18.9 Å². The van der Waals surface area contributed by atoms with E-state index < -0.39 is 66.3 Å². The molecule has 12 nitrogen and oxygen atoms in total. The van der Waals surface area contributed by atoms with E-state index in [2.05, 4.69) is 10.0 Å². The van der Waals surface area contributed by atoms with Crippen molar-refractivity contribution in [2.24, 2.45) is 5.11 Å². The predicted octanol–water partition coefficient (Wildman–Crippen LogP) is 1.19. The number of ether oxygens (including phenoxy) is 4. The molecule has 0 radical (unpaired) electrons. The average molecular weight is 456 g/mol. The van der Waals surface area contributed by atoms with Crippen molar-refractivity contribution in [2.45, 2.75) is 94.7 Å². The predicted molar refractivity (Wildman–Crippen MR) is 110 cm³/mol. The fraction of sp³-hybridized carbons (Fsp3) is 0.850. The highest BCUT2D eigenvalue weighted by Crippen LogP contribution is 2.41. The van der Waals surface area contributed by atoms with Crippen LogP contribution in [0.25, 0.3) is 10.4 Å². The molecule has 180 valence electrons. The molecule has 12 heteroatoms. The molecule has 2 fully saturated rings. The van der Waals surface area contributed by atoms with E-state index in [4.69, 9.17) is 24.5 Å². The normalized spacial score (nSPS) is 39.1. The standard InChI is InChI=1S/C20H32N4O8/c1-18(2,3)32-17(28)24-11(10-29-19(24,4)5)12-7-6-8-20(30-12)16(22-23-21)15(27)14(26)13(9-25)31-20/h6,8,11-16,25-27H,7,9-10H2,1-5H3/t11-,12+,13-,14+,15+,16-,20+/m1/s1. The van der Waals surface area contributed by atoms with Gasteiger partial charge in [0.2, 0.25) is 0 Å². The van der Waals surface area contributed by atoms with Crippen molar-refractivity contribution in [3.8, 4) is 0 Å². The third kappa shape index (κ3) is 4.58. The number of azide groups is 1. The summed E-state index contributed by atoms with van der Waals surface area (Å²) in [6, 6.07) is -1.90.